The molecule has 0 aliphatic heterocycles. The van der Waals surface area contributed by atoms with Crippen LogP contribution in [0.3, 0.4) is 0 Å². The lowest BCUT2D eigenvalue weighted by atomic mass is 10.0. The lowest BCUT2D eigenvalue weighted by Crippen LogP contribution is -1.92. The van der Waals surface area contributed by atoms with E-state index in [1.165, 1.54) is 22.3 Å². The van der Waals surface area contributed by atoms with Gasteiger partial charge in [0.1, 0.15) is 17.2 Å². The van der Waals surface area contributed by atoms with Gasteiger partial charge >= 0.3 is 0 Å². The highest BCUT2D eigenvalue weighted by molar-refractivity contribution is 5.35. The lowest BCUT2D eigenvalue weighted by molar-refractivity contribution is 0.407. The summed E-state index contributed by atoms with van der Waals surface area (Å²) in [4.78, 5) is 0. The Labute approximate surface area is 264 Å². The minimum atomic E-state index is 0. The number of para-hydroxylation sites is 1. The molecule has 0 aromatic heterocycles. The molecule has 0 saturated carbocycles. The maximum absolute atomic E-state index is 5.21. The normalized spacial score (nSPS) is 9.93. The van der Waals surface area contributed by atoms with Gasteiger partial charge in [-0.3, -0.25) is 0 Å². The molecule has 4 rings (SSSR count). The van der Waals surface area contributed by atoms with Crippen molar-refractivity contribution in [2.45, 2.75) is 86.5 Å². The van der Waals surface area contributed by atoms with Crippen LogP contribution in [0.5, 0.6) is 17.2 Å². The van der Waals surface area contributed by atoms with Crippen molar-refractivity contribution < 1.29 is 14.2 Å². The van der Waals surface area contributed by atoms with Crippen molar-refractivity contribution >= 4 is 0 Å². The standard InChI is InChI=1S/3C10H14O.C9H12.CH4/c1-8(2)9-4-6-10(11-3)7-5-9;1-8(2)9-5-4-6-10(7-9)11-3;1-8(2)9-6-4-5-7-10(9)11-3;1-8(2)9-6-4-3-5-7-9;/h3*4-8H,1-3H3;3-8H,1-2H3;1H4. The van der Waals surface area contributed by atoms with Crippen LogP contribution in [-0.4, -0.2) is 21.3 Å². The van der Waals surface area contributed by atoms with E-state index in [0.717, 1.165) is 17.2 Å². The van der Waals surface area contributed by atoms with Crippen LogP contribution in [0.2, 0.25) is 0 Å². The fourth-order valence-corrected chi connectivity index (χ4v) is 3.97. The molecule has 43 heavy (non-hydrogen) atoms. The third-order valence-corrected chi connectivity index (χ3v) is 6.77. The van der Waals surface area contributed by atoms with Crippen LogP contribution in [0, 0.1) is 0 Å². The Morgan fingerprint density at radius 2 is 0.860 bits per heavy atom. The predicted octanol–water partition coefficient (Wildman–Crippen LogP) is 11.9. The van der Waals surface area contributed by atoms with E-state index in [9.17, 15) is 0 Å². The molecule has 0 heterocycles. The van der Waals surface area contributed by atoms with Crippen LogP contribution < -0.4 is 14.2 Å². The van der Waals surface area contributed by atoms with E-state index in [-0.39, 0.29) is 7.43 Å². The van der Waals surface area contributed by atoms with Gasteiger partial charge in [-0.05, 0) is 76.3 Å². The highest BCUT2D eigenvalue weighted by Gasteiger charge is 2.04. The second kappa shape index (κ2) is 21.9. The number of benzene rings is 4. The summed E-state index contributed by atoms with van der Waals surface area (Å²) in [5.41, 5.74) is 5.36. The van der Waals surface area contributed by atoms with Crippen molar-refractivity contribution in [3.05, 3.63) is 125 Å². The predicted molar refractivity (Wildman–Crippen MR) is 189 cm³/mol. The number of ether oxygens (including phenoxy) is 3. The number of methoxy groups -OCH3 is 3. The Hall–Kier alpha value is -3.72. The number of hydrogen-bond acceptors (Lipinski definition) is 3. The third-order valence-electron chi connectivity index (χ3n) is 6.77. The van der Waals surface area contributed by atoms with E-state index in [1.54, 1.807) is 21.3 Å². The van der Waals surface area contributed by atoms with Crippen molar-refractivity contribution in [1.82, 2.24) is 0 Å². The zero-order valence-electron chi connectivity index (χ0n) is 27.8. The van der Waals surface area contributed by atoms with Crippen LogP contribution in [-0.2, 0) is 0 Å². The summed E-state index contributed by atoms with van der Waals surface area (Å²) in [7, 11) is 5.09. The molecule has 0 radical (unpaired) electrons. The van der Waals surface area contributed by atoms with Gasteiger partial charge in [-0.25, -0.2) is 0 Å². The Balaban J connectivity index is 0.000000544. The van der Waals surface area contributed by atoms with E-state index in [0.29, 0.717) is 23.7 Å². The van der Waals surface area contributed by atoms with Crippen LogP contribution in [0.1, 0.15) is 109 Å². The first-order valence-electron chi connectivity index (χ1n) is 15.0. The smallest absolute Gasteiger partial charge is 0.122 e. The monoisotopic (exact) mass is 586 g/mol. The quantitative estimate of drug-likeness (QED) is 0.216. The maximum Gasteiger partial charge on any atom is 0.122 e. The fourth-order valence-electron chi connectivity index (χ4n) is 3.97. The summed E-state index contributed by atoms with van der Waals surface area (Å²) >= 11 is 0. The zero-order chi connectivity index (χ0) is 31.5. The highest BCUT2D eigenvalue weighted by atomic mass is 16.5. The van der Waals surface area contributed by atoms with E-state index in [1.807, 2.05) is 48.5 Å². The van der Waals surface area contributed by atoms with Crippen LogP contribution in [0.15, 0.2) is 103 Å². The highest BCUT2D eigenvalue weighted by Crippen LogP contribution is 2.25. The SMILES string of the molecule is C.CC(C)c1ccccc1.COc1ccc(C(C)C)cc1.COc1cccc(C(C)C)c1.COc1ccccc1C(C)C. The summed E-state index contributed by atoms with van der Waals surface area (Å²) < 4.78 is 15.4. The van der Waals surface area contributed by atoms with Gasteiger partial charge in [0, 0.05) is 0 Å². The van der Waals surface area contributed by atoms with Crippen molar-refractivity contribution in [2.75, 3.05) is 21.3 Å². The second-order valence-electron chi connectivity index (χ2n) is 11.3. The first-order valence-corrected chi connectivity index (χ1v) is 15.0. The molecule has 3 nitrogen and oxygen atoms in total. The molecule has 0 amide bonds. The maximum atomic E-state index is 5.21. The lowest BCUT2D eigenvalue weighted by Gasteiger charge is -2.10. The third kappa shape index (κ3) is 15.4. The average molecular weight is 587 g/mol. The second-order valence-corrected chi connectivity index (χ2v) is 11.3. The Morgan fingerprint density at radius 3 is 1.28 bits per heavy atom. The van der Waals surface area contributed by atoms with E-state index in [2.05, 4.69) is 110 Å². The fraction of sp³-hybridized carbons (Fsp3) is 0.400. The van der Waals surface area contributed by atoms with Gasteiger partial charge in [-0.15, -0.1) is 0 Å². The van der Waals surface area contributed by atoms with Crippen LogP contribution >= 0.6 is 0 Å². The summed E-state index contributed by atoms with van der Waals surface area (Å²) in [6.07, 6.45) is 0. The largest absolute Gasteiger partial charge is 0.497 e. The Morgan fingerprint density at radius 1 is 0.395 bits per heavy atom. The van der Waals surface area contributed by atoms with E-state index < -0.39 is 0 Å². The van der Waals surface area contributed by atoms with E-state index >= 15 is 0 Å². The van der Waals surface area contributed by atoms with Crippen molar-refractivity contribution in [3.63, 3.8) is 0 Å². The van der Waals surface area contributed by atoms with Crippen molar-refractivity contribution in [1.29, 1.82) is 0 Å². The van der Waals surface area contributed by atoms with Crippen molar-refractivity contribution in [2.24, 2.45) is 0 Å². The minimum Gasteiger partial charge on any atom is -0.497 e. The molecule has 4 aromatic rings. The molecule has 0 bridgehead atoms. The van der Waals surface area contributed by atoms with Gasteiger partial charge in [0.05, 0.1) is 21.3 Å². The summed E-state index contributed by atoms with van der Waals surface area (Å²) in [5.74, 6) is 5.22. The molecule has 0 saturated heterocycles. The molecule has 0 fully saturated rings. The van der Waals surface area contributed by atoms with Gasteiger partial charge in [0.15, 0.2) is 0 Å². The Kier molecular flexibility index (Phi) is 20.0. The zero-order valence-corrected chi connectivity index (χ0v) is 27.8. The van der Waals surface area contributed by atoms with Gasteiger partial charge in [0.2, 0.25) is 0 Å². The number of rotatable bonds is 7. The average Bonchev–Trinajstić information content (AvgIpc) is 3.02. The summed E-state index contributed by atoms with van der Waals surface area (Å²) in [6.45, 7) is 17.5. The topological polar surface area (TPSA) is 27.7 Å². The molecule has 0 N–H and O–H groups in total. The molecule has 0 atom stereocenters. The Bertz CT molecular complexity index is 1230. The molecule has 3 heteroatoms. The van der Waals surface area contributed by atoms with Gasteiger partial charge in [-0.2, -0.15) is 0 Å². The molecule has 236 valence electrons. The molecule has 0 spiro atoms. The molecule has 0 unspecified atom stereocenters. The molecule has 0 aliphatic rings. The minimum absolute atomic E-state index is 0. The summed E-state index contributed by atoms with van der Waals surface area (Å²) in [5, 5.41) is 0. The van der Waals surface area contributed by atoms with Gasteiger partial charge in [-0.1, -0.05) is 136 Å². The van der Waals surface area contributed by atoms with Gasteiger partial charge < -0.3 is 14.2 Å². The van der Waals surface area contributed by atoms with Crippen molar-refractivity contribution in [3.8, 4) is 17.2 Å². The van der Waals surface area contributed by atoms with E-state index in [4.69, 9.17) is 14.2 Å². The first-order chi connectivity index (χ1) is 20.0. The van der Waals surface area contributed by atoms with Crippen LogP contribution in [0.4, 0.5) is 0 Å². The molecule has 0 aliphatic carbocycles. The van der Waals surface area contributed by atoms with Crippen LogP contribution in [0.25, 0.3) is 0 Å². The molecule has 4 aromatic carbocycles. The van der Waals surface area contributed by atoms with Gasteiger partial charge in [0.25, 0.3) is 0 Å². The molecular formula is C40H58O3. The summed E-state index contributed by atoms with van der Waals surface area (Å²) in [6, 6.07) is 35.0. The first kappa shape index (κ1) is 39.3. The molecular weight excluding hydrogens is 528 g/mol. The number of hydrogen-bond donors (Lipinski definition) is 0.